The second kappa shape index (κ2) is 12.9. The molecule has 0 saturated heterocycles. The lowest BCUT2D eigenvalue weighted by molar-refractivity contribution is -0.141. The third kappa shape index (κ3) is 8.51. The number of carbonyl (C=O) groups excluding carboxylic acids is 2. The molecule has 2 aromatic rings. The molecule has 7 nitrogen and oxygen atoms in total. The minimum Gasteiger partial charge on any atom is -0.491 e. The lowest BCUT2D eigenvalue weighted by Crippen LogP contribution is -2.23. The summed E-state index contributed by atoms with van der Waals surface area (Å²) in [6, 6.07) is 14.6. The second-order valence-corrected chi connectivity index (χ2v) is 7.42. The smallest absolute Gasteiger partial charge is 0.412 e. The summed E-state index contributed by atoms with van der Waals surface area (Å²) >= 11 is 3.89. The largest absolute Gasteiger partial charge is 0.491 e. The lowest BCUT2D eigenvalue weighted by atomic mass is 9.94. The van der Waals surface area contributed by atoms with Gasteiger partial charge in [-0.05, 0) is 43.2 Å². The van der Waals surface area contributed by atoms with Gasteiger partial charge in [-0.3, -0.25) is 10.1 Å². The summed E-state index contributed by atoms with van der Waals surface area (Å²) < 4.78 is 16.4. The molecule has 0 radical (unpaired) electrons. The van der Waals surface area contributed by atoms with Gasteiger partial charge < -0.3 is 19.3 Å². The van der Waals surface area contributed by atoms with E-state index in [0.29, 0.717) is 17.9 Å². The van der Waals surface area contributed by atoms with E-state index in [1.165, 1.54) is 0 Å². The molecular weight excluding hydrogens is 418 g/mol. The first-order valence-corrected chi connectivity index (χ1v) is 10.7. The van der Waals surface area contributed by atoms with Crippen LogP contribution < -0.4 is 10.1 Å². The lowest BCUT2D eigenvalue weighted by Gasteiger charge is -2.25. The number of anilines is 1. The van der Waals surface area contributed by atoms with Gasteiger partial charge in [0.1, 0.15) is 18.5 Å². The van der Waals surface area contributed by atoms with E-state index < -0.39 is 18.2 Å². The molecule has 0 aliphatic carbocycles. The highest BCUT2D eigenvalue weighted by molar-refractivity contribution is 7.81. The number of benzene rings is 2. The first kappa shape index (κ1) is 24.6. The van der Waals surface area contributed by atoms with E-state index in [2.05, 4.69) is 17.9 Å². The Balaban J connectivity index is 2.13. The van der Waals surface area contributed by atoms with Crippen molar-refractivity contribution in [2.24, 2.45) is 5.92 Å². The van der Waals surface area contributed by atoms with Crippen LogP contribution in [-0.2, 0) is 14.3 Å². The quantitative estimate of drug-likeness (QED) is 0.354. The average Bonchev–Trinajstić information content (AvgIpc) is 2.77. The molecule has 2 N–H and O–H groups in total. The van der Waals surface area contributed by atoms with Gasteiger partial charge in [-0.15, -0.1) is 0 Å². The van der Waals surface area contributed by atoms with Crippen LogP contribution in [0.3, 0.4) is 0 Å². The van der Waals surface area contributed by atoms with Crippen LogP contribution in [-0.4, -0.2) is 42.7 Å². The van der Waals surface area contributed by atoms with Crippen LogP contribution in [0.4, 0.5) is 10.5 Å². The molecule has 0 aromatic heterocycles. The first-order valence-electron chi connectivity index (χ1n) is 10.1. The van der Waals surface area contributed by atoms with E-state index in [0.717, 1.165) is 11.1 Å². The minimum absolute atomic E-state index is 0.0114. The van der Waals surface area contributed by atoms with Gasteiger partial charge in [-0.2, -0.15) is 12.6 Å². The number of thiol groups is 1. The van der Waals surface area contributed by atoms with E-state index in [1.54, 1.807) is 30.3 Å². The van der Waals surface area contributed by atoms with E-state index >= 15 is 0 Å². The number of esters is 1. The van der Waals surface area contributed by atoms with Crippen molar-refractivity contribution >= 4 is 30.4 Å². The summed E-state index contributed by atoms with van der Waals surface area (Å²) in [6.45, 7) is 4.14. The van der Waals surface area contributed by atoms with Crippen molar-refractivity contribution in [1.82, 2.24) is 0 Å². The fourth-order valence-electron chi connectivity index (χ4n) is 2.91. The maximum atomic E-state index is 12.6. The number of rotatable bonds is 11. The normalized spacial score (nSPS) is 12.5. The van der Waals surface area contributed by atoms with Crippen molar-refractivity contribution < 1.29 is 28.9 Å². The number of nitrogens with one attached hydrogen (secondary N) is 1. The predicted molar refractivity (Wildman–Crippen MR) is 122 cm³/mol. The molecule has 0 heterocycles. The minimum atomic E-state index is -0.599. The molecule has 168 valence electrons. The highest BCUT2D eigenvalue weighted by atomic mass is 32.1. The Bertz CT molecular complexity index is 842. The average molecular weight is 448 g/mol. The number of aryl methyl sites for hydroxylation is 1. The predicted octanol–water partition coefficient (Wildman–Crippen LogP) is 4.16. The number of amides is 1. The number of hydrogen-bond acceptors (Lipinski definition) is 7. The fraction of sp³-hybridized carbons (Fsp3) is 0.391. The van der Waals surface area contributed by atoms with Gasteiger partial charge in [0.05, 0.1) is 19.0 Å². The van der Waals surface area contributed by atoms with Crippen molar-refractivity contribution in [2.75, 3.05) is 30.9 Å². The highest BCUT2D eigenvalue weighted by Crippen LogP contribution is 2.31. The molecule has 2 aromatic carbocycles. The molecule has 0 bridgehead atoms. The number of ether oxygens (including phenoxy) is 3. The molecule has 0 saturated carbocycles. The van der Waals surface area contributed by atoms with Crippen molar-refractivity contribution in [3.05, 3.63) is 59.7 Å². The molecule has 31 heavy (non-hydrogen) atoms. The van der Waals surface area contributed by atoms with Crippen LogP contribution >= 0.6 is 12.6 Å². The molecule has 8 heteroatoms. The number of carbonyl (C=O) groups is 2. The van der Waals surface area contributed by atoms with Gasteiger partial charge in [0.15, 0.2) is 0 Å². The Morgan fingerprint density at radius 2 is 1.87 bits per heavy atom. The van der Waals surface area contributed by atoms with Crippen LogP contribution in [0.15, 0.2) is 48.5 Å². The van der Waals surface area contributed by atoms with E-state index in [9.17, 15) is 9.59 Å². The van der Waals surface area contributed by atoms with Crippen LogP contribution in [0.25, 0.3) is 0 Å². The van der Waals surface area contributed by atoms with Crippen LogP contribution in [0.1, 0.15) is 30.6 Å². The summed E-state index contributed by atoms with van der Waals surface area (Å²) in [5, 5.41) is 11.7. The molecule has 2 atom stereocenters. The van der Waals surface area contributed by atoms with Crippen LogP contribution in [0, 0.1) is 12.8 Å². The van der Waals surface area contributed by atoms with Crippen molar-refractivity contribution in [3.8, 4) is 5.75 Å². The molecule has 0 aliphatic heterocycles. The van der Waals surface area contributed by atoms with Gasteiger partial charge in [0.2, 0.25) is 0 Å². The summed E-state index contributed by atoms with van der Waals surface area (Å²) in [7, 11) is 0. The van der Waals surface area contributed by atoms with E-state index in [4.69, 9.17) is 19.3 Å². The molecule has 0 spiro atoms. The molecule has 0 aliphatic rings. The van der Waals surface area contributed by atoms with Gasteiger partial charge in [-0.25, -0.2) is 4.79 Å². The SMILES string of the molecule is Cc1ccc(NC(=O)O[C@H](c2cccc(OCCO)c2)[C@@H](C)CCOC(=O)CS)cc1. The third-order valence-corrected chi connectivity index (χ3v) is 4.82. The molecule has 0 unspecified atom stereocenters. The zero-order chi connectivity index (χ0) is 22.6. The Kier molecular flexibility index (Phi) is 10.2. The molecule has 1 amide bonds. The van der Waals surface area contributed by atoms with Crippen molar-refractivity contribution in [1.29, 1.82) is 0 Å². The fourth-order valence-corrected chi connectivity index (χ4v) is 3.00. The maximum Gasteiger partial charge on any atom is 0.412 e. The Morgan fingerprint density at radius 3 is 2.55 bits per heavy atom. The van der Waals surface area contributed by atoms with Crippen LogP contribution in [0.2, 0.25) is 0 Å². The number of hydrogen-bond donors (Lipinski definition) is 3. The van der Waals surface area contributed by atoms with Crippen LogP contribution in [0.5, 0.6) is 5.75 Å². The summed E-state index contributed by atoms with van der Waals surface area (Å²) in [4.78, 5) is 23.9. The summed E-state index contributed by atoms with van der Waals surface area (Å²) in [6.07, 6.45) is -0.698. The molecular formula is C23H29NO6S. The standard InChI is InChI=1S/C23H29NO6S/c1-16-6-8-19(9-7-16)24-23(27)30-22(17(2)10-12-29-21(26)15-31)18-4-3-5-20(14-18)28-13-11-25/h3-9,14,17,22,25,31H,10-13,15H2,1-2H3,(H,24,27)/t17-,22-/m0/s1. The highest BCUT2D eigenvalue weighted by Gasteiger charge is 2.25. The first-order chi connectivity index (χ1) is 14.9. The number of aliphatic hydroxyl groups excluding tert-OH is 1. The zero-order valence-corrected chi connectivity index (χ0v) is 18.6. The Morgan fingerprint density at radius 1 is 1.13 bits per heavy atom. The van der Waals surface area contributed by atoms with E-state index in [1.807, 2.05) is 32.0 Å². The number of aliphatic hydroxyl groups is 1. The summed E-state index contributed by atoms with van der Waals surface area (Å²) in [5.41, 5.74) is 2.45. The third-order valence-electron chi connectivity index (χ3n) is 4.56. The molecule has 0 fully saturated rings. The second-order valence-electron chi connectivity index (χ2n) is 7.11. The maximum absolute atomic E-state index is 12.6. The topological polar surface area (TPSA) is 94.1 Å². The summed E-state index contributed by atoms with van der Waals surface area (Å²) in [5.74, 6) is 0.0271. The Hall–Kier alpha value is -2.71. The van der Waals surface area contributed by atoms with Gasteiger partial charge in [0, 0.05) is 11.6 Å². The Labute approximate surface area is 188 Å². The zero-order valence-electron chi connectivity index (χ0n) is 17.7. The van der Waals surface area contributed by atoms with Gasteiger partial charge in [-0.1, -0.05) is 36.8 Å². The van der Waals surface area contributed by atoms with Crippen molar-refractivity contribution in [2.45, 2.75) is 26.4 Å². The van der Waals surface area contributed by atoms with Crippen molar-refractivity contribution in [3.63, 3.8) is 0 Å². The van der Waals surface area contributed by atoms with Gasteiger partial charge in [0.25, 0.3) is 0 Å². The van der Waals surface area contributed by atoms with Gasteiger partial charge >= 0.3 is 12.1 Å². The molecule has 2 rings (SSSR count). The monoisotopic (exact) mass is 447 g/mol. The van der Waals surface area contributed by atoms with E-state index in [-0.39, 0.29) is 31.5 Å².